The van der Waals surface area contributed by atoms with Crippen LogP contribution in [-0.2, 0) is 6.54 Å². The second-order valence-electron chi connectivity index (χ2n) is 4.09. The van der Waals surface area contributed by atoms with Crippen LogP contribution in [0.25, 0.3) is 5.82 Å². The molecule has 0 atom stereocenters. The van der Waals surface area contributed by atoms with Crippen LogP contribution in [0.4, 0.5) is 5.82 Å². The van der Waals surface area contributed by atoms with Crippen molar-refractivity contribution in [2.24, 2.45) is 0 Å². The van der Waals surface area contributed by atoms with E-state index in [-0.39, 0.29) is 5.82 Å². The molecule has 1 saturated heterocycles. The highest BCUT2D eigenvalue weighted by Gasteiger charge is 2.18. The fourth-order valence-electron chi connectivity index (χ4n) is 2.05. The molecule has 0 saturated carbocycles. The first-order valence-corrected chi connectivity index (χ1v) is 5.55. The molecule has 0 bridgehead atoms. The Bertz CT molecular complexity index is 499. The lowest BCUT2D eigenvalue weighted by molar-refractivity contribution is 0.303. The SMILES string of the molecule is Nc1nonc1-n1nncc1CN1CCCC1. The molecule has 17 heavy (non-hydrogen) atoms. The fraction of sp³-hybridized carbons (Fsp3) is 0.556. The molecule has 8 heteroatoms. The van der Waals surface area contributed by atoms with E-state index in [1.807, 2.05) is 0 Å². The van der Waals surface area contributed by atoms with E-state index in [1.54, 1.807) is 10.9 Å². The van der Waals surface area contributed by atoms with E-state index in [0.29, 0.717) is 5.82 Å². The number of hydrogen-bond acceptors (Lipinski definition) is 7. The normalized spacial score (nSPS) is 16.7. The number of aromatic nitrogens is 5. The maximum absolute atomic E-state index is 5.64. The highest BCUT2D eigenvalue weighted by Crippen LogP contribution is 2.16. The van der Waals surface area contributed by atoms with Crippen LogP contribution < -0.4 is 5.73 Å². The number of nitrogen functional groups attached to an aromatic ring is 1. The quantitative estimate of drug-likeness (QED) is 0.788. The van der Waals surface area contributed by atoms with E-state index in [4.69, 9.17) is 5.73 Å². The number of anilines is 1. The van der Waals surface area contributed by atoms with Gasteiger partial charge in [-0.1, -0.05) is 5.21 Å². The summed E-state index contributed by atoms with van der Waals surface area (Å²) in [6.07, 6.45) is 4.21. The number of hydrogen-bond donors (Lipinski definition) is 1. The van der Waals surface area contributed by atoms with Crippen molar-refractivity contribution < 1.29 is 4.63 Å². The smallest absolute Gasteiger partial charge is 0.243 e. The highest BCUT2D eigenvalue weighted by molar-refractivity contribution is 5.44. The predicted octanol–water partition coefficient (Wildman–Crippen LogP) is -0.172. The zero-order valence-electron chi connectivity index (χ0n) is 9.28. The van der Waals surface area contributed by atoms with Gasteiger partial charge in [0.15, 0.2) is 0 Å². The molecule has 1 aliphatic heterocycles. The van der Waals surface area contributed by atoms with Crippen LogP contribution in [-0.4, -0.2) is 43.3 Å². The lowest BCUT2D eigenvalue weighted by atomic mass is 10.4. The molecule has 1 fully saturated rings. The van der Waals surface area contributed by atoms with E-state index in [1.165, 1.54) is 12.8 Å². The van der Waals surface area contributed by atoms with Gasteiger partial charge in [0.05, 0.1) is 11.9 Å². The van der Waals surface area contributed by atoms with E-state index < -0.39 is 0 Å². The van der Waals surface area contributed by atoms with Crippen molar-refractivity contribution in [1.29, 1.82) is 0 Å². The van der Waals surface area contributed by atoms with Gasteiger partial charge in [-0.25, -0.2) is 4.63 Å². The second kappa shape index (κ2) is 4.13. The maximum atomic E-state index is 5.64. The van der Waals surface area contributed by atoms with Crippen LogP contribution >= 0.6 is 0 Å². The molecule has 2 N–H and O–H groups in total. The maximum Gasteiger partial charge on any atom is 0.243 e. The van der Waals surface area contributed by atoms with Crippen molar-refractivity contribution in [3.63, 3.8) is 0 Å². The first kappa shape index (κ1) is 10.2. The Hall–Kier alpha value is -1.96. The lowest BCUT2D eigenvalue weighted by Gasteiger charge is -2.13. The third kappa shape index (κ3) is 1.86. The third-order valence-electron chi connectivity index (χ3n) is 2.90. The molecule has 0 aromatic carbocycles. The monoisotopic (exact) mass is 235 g/mol. The van der Waals surface area contributed by atoms with Gasteiger partial charge in [0.1, 0.15) is 0 Å². The summed E-state index contributed by atoms with van der Waals surface area (Å²) in [5, 5.41) is 15.1. The fourth-order valence-corrected chi connectivity index (χ4v) is 2.05. The molecular weight excluding hydrogens is 222 g/mol. The van der Waals surface area contributed by atoms with Crippen LogP contribution in [0.3, 0.4) is 0 Å². The molecule has 0 aliphatic carbocycles. The third-order valence-corrected chi connectivity index (χ3v) is 2.90. The van der Waals surface area contributed by atoms with Gasteiger partial charge in [-0.05, 0) is 36.2 Å². The summed E-state index contributed by atoms with van der Waals surface area (Å²) in [6, 6.07) is 0. The van der Waals surface area contributed by atoms with Crippen molar-refractivity contribution in [2.75, 3.05) is 18.8 Å². The van der Waals surface area contributed by atoms with Crippen LogP contribution in [0, 0.1) is 0 Å². The summed E-state index contributed by atoms with van der Waals surface area (Å²) >= 11 is 0. The molecule has 0 amide bonds. The molecule has 0 radical (unpaired) electrons. The van der Waals surface area contributed by atoms with Gasteiger partial charge in [0, 0.05) is 6.54 Å². The van der Waals surface area contributed by atoms with E-state index in [0.717, 1.165) is 25.3 Å². The number of nitrogens with zero attached hydrogens (tertiary/aromatic N) is 6. The van der Waals surface area contributed by atoms with Crippen LogP contribution in [0.2, 0.25) is 0 Å². The molecule has 3 rings (SSSR count). The molecule has 8 nitrogen and oxygen atoms in total. The standard InChI is InChI=1S/C9H13N7O/c10-8-9(13-17-12-8)16-7(5-11-14-16)6-15-3-1-2-4-15/h5H,1-4,6H2,(H2,10,12). The summed E-state index contributed by atoms with van der Waals surface area (Å²) in [7, 11) is 0. The molecule has 0 unspecified atom stereocenters. The molecular formula is C9H13N7O. The van der Waals surface area contributed by atoms with Gasteiger partial charge >= 0.3 is 0 Å². The summed E-state index contributed by atoms with van der Waals surface area (Å²) < 4.78 is 6.14. The van der Waals surface area contributed by atoms with Gasteiger partial charge < -0.3 is 5.73 Å². The molecule has 2 aromatic heterocycles. The predicted molar refractivity (Wildman–Crippen MR) is 58.1 cm³/mol. The molecule has 1 aliphatic rings. The number of likely N-dealkylation sites (tertiary alicyclic amines) is 1. The molecule has 3 heterocycles. The second-order valence-corrected chi connectivity index (χ2v) is 4.09. The Morgan fingerprint density at radius 1 is 1.29 bits per heavy atom. The van der Waals surface area contributed by atoms with E-state index >= 15 is 0 Å². The van der Waals surface area contributed by atoms with Crippen molar-refractivity contribution in [1.82, 2.24) is 30.2 Å². The molecule has 90 valence electrons. The van der Waals surface area contributed by atoms with Gasteiger partial charge in [-0.3, -0.25) is 4.90 Å². The van der Waals surface area contributed by atoms with Crippen LogP contribution in [0.5, 0.6) is 0 Å². The van der Waals surface area contributed by atoms with Crippen LogP contribution in [0.15, 0.2) is 10.8 Å². The Morgan fingerprint density at radius 3 is 2.82 bits per heavy atom. The topological polar surface area (TPSA) is 98.9 Å². The van der Waals surface area contributed by atoms with Crippen molar-refractivity contribution in [2.45, 2.75) is 19.4 Å². The van der Waals surface area contributed by atoms with Gasteiger partial charge in [0.25, 0.3) is 0 Å². The first-order chi connectivity index (χ1) is 8.34. The zero-order chi connectivity index (χ0) is 11.7. The van der Waals surface area contributed by atoms with Crippen molar-refractivity contribution >= 4 is 5.82 Å². The highest BCUT2D eigenvalue weighted by atomic mass is 16.6. The van der Waals surface area contributed by atoms with E-state index in [9.17, 15) is 0 Å². The Labute approximate surface area is 97.3 Å². The number of nitrogens with two attached hydrogens (primary N) is 1. The first-order valence-electron chi connectivity index (χ1n) is 5.55. The largest absolute Gasteiger partial charge is 0.378 e. The summed E-state index contributed by atoms with van der Waals surface area (Å²) in [4.78, 5) is 2.35. The Balaban J connectivity index is 1.86. The lowest BCUT2D eigenvalue weighted by Crippen LogP contribution is -2.20. The molecule has 2 aromatic rings. The van der Waals surface area contributed by atoms with Crippen LogP contribution in [0.1, 0.15) is 18.5 Å². The van der Waals surface area contributed by atoms with Gasteiger partial charge in [-0.15, -0.1) is 5.10 Å². The zero-order valence-corrected chi connectivity index (χ0v) is 9.28. The number of rotatable bonds is 3. The summed E-state index contributed by atoms with van der Waals surface area (Å²) in [5.41, 5.74) is 6.58. The summed E-state index contributed by atoms with van der Waals surface area (Å²) in [6.45, 7) is 3.01. The summed E-state index contributed by atoms with van der Waals surface area (Å²) in [5.74, 6) is 0.620. The van der Waals surface area contributed by atoms with E-state index in [2.05, 4.69) is 30.2 Å². The minimum atomic E-state index is 0.221. The minimum Gasteiger partial charge on any atom is -0.378 e. The average molecular weight is 235 g/mol. The van der Waals surface area contributed by atoms with Crippen molar-refractivity contribution in [3.8, 4) is 5.82 Å². The van der Waals surface area contributed by atoms with Gasteiger partial charge in [-0.2, -0.15) is 4.68 Å². The Morgan fingerprint density at radius 2 is 2.12 bits per heavy atom. The minimum absolute atomic E-state index is 0.221. The molecule has 0 spiro atoms. The van der Waals surface area contributed by atoms with Gasteiger partial charge in [0.2, 0.25) is 11.6 Å². The Kier molecular flexibility index (Phi) is 2.48. The average Bonchev–Trinajstić information content (AvgIpc) is 3.00. The van der Waals surface area contributed by atoms with Crippen molar-refractivity contribution in [3.05, 3.63) is 11.9 Å².